The highest BCUT2D eigenvalue weighted by atomic mass is 127. The molecule has 1 heterocycles. The smallest absolute Gasteiger partial charge is 0.191 e. The predicted molar refractivity (Wildman–Crippen MR) is 108 cm³/mol. The summed E-state index contributed by atoms with van der Waals surface area (Å²) < 4.78 is 0. The molecule has 0 saturated heterocycles. The maximum atomic E-state index is 4.35. The summed E-state index contributed by atoms with van der Waals surface area (Å²) in [5.41, 5.74) is 5.93. The SMILES string of the molecule is CN=C(NCc1scnc1C)NC1CCc2ccccc2C1.I. The Morgan fingerprint density at radius 3 is 2.83 bits per heavy atom. The first-order valence-corrected chi connectivity index (χ1v) is 8.57. The van der Waals surface area contributed by atoms with Gasteiger partial charge in [-0.3, -0.25) is 4.99 Å². The van der Waals surface area contributed by atoms with E-state index in [2.05, 4.69) is 44.9 Å². The van der Waals surface area contributed by atoms with Gasteiger partial charge in [-0.05, 0) is 37.3 Å². The van der Waals surface area contributed by atoms with Gasteiger partial charge < -0.3 is 10.6 Å². The summed E-state index contributed by atoms with van der Waals surface area (Å²) in [5.74, 6) is 0.872. The van der Waals surface area contributed by atoms with Crippen LogP contribution in [0.1, 0.15) is 28.1 Å². The van der Waals surface area contributed by atoms with E-state index < -0.39 is 0 Å². The van der Waals surface area contributed by atoms with Gasteiger partial charge in [0.1, 0.15) is 0 Å². The monoisotopic (exact) mass is 442 g/mol. The topological polar surface area (TPSA) is 49.3 Å². The van der Waals surface area contributed by atoms with Gasteiger partial charge >= 0.3 is 0 Å². The largest absolute Gasteiger partial charge is 0.353 e. The lowest BCUT2D eigenvalue weighted by molar-refractivity contribution is 0.520. The molecule has 0 spiro atoms. The Hall–Kier alpha value is -1.15. The number of thiazole rings is 1. The van der Waals surface area contributed by atoms with Crippen molar-refractivity contribution in [3.63, 3.8) is 0 Å². The zero-order chi connectivity index (χ0) is 15.4. The molecule has 1 unspecified atom stereocenters. The van der Waals surface area contributed by atoms with E-state index in [1.807, 2.05) is 19.5 Å². The van der Waals surface area contributed by atoms with Crippen molar-refractivity contribution in [1.29, 1.82) is 0 Å². The van der Waals surface area contributed by atoms with Crippen molar-refractivity contribution >= 4 is 41.3 Å². The molecule has 2 aromatic rings. The molecule has 0 amide bonds. The number of fused-ring (bicyclic) bond motifs is 1. The van der Waals surface area contributed by atoms with E-state index in [-0.39, 0.29) is 24.0 Å². The number of rotatable bonds is 3. The van der Waals surface area contributed by atoms with Gasteiger partial charge in [-0.15, -0.1) is 35.3 Å². The Morgan fingerprint density at radius 2 is 2.13 bits per heavy atom. The van der Waals surface area contributed by atoms with E-state index in [9.17, 15) is 0 Å². The minimum absolute atomic E-state index is 0. The molecule has 1 aromatic carbocycles. The Morgan fingerprint density at radius 1 is 1.35 bits per heavy atom. The minimum atomic E-state index is 0. The van der Waals surface area contributed by atoms with E-state index in [1.165, 1.54) is 16.0 Å². The summed E-state index contributed by atoms with van der Waals surface area (Å²) in [4.78, 5) is 9.89. The first-order chi connectivity index (χ1) is 10.8. The van der Waals surface area contributed by atoms with Crippen molar-refractivity contribution in [2.24, 2.45) is 4.99 Å². The van der Waals surface area contributed by atoms with E-state index in [4.69, 9.17) is 0 Å². The molecule has 1 aromatic heterocycles. The van der Waals surface area contributed by atoms with Crippen LogP contribution in [0.4, 0.5) is 0 Å². The molecule has 1 aliphatic rings. The van der Waals surface area contributed by atoms with Crippen LogP contribution in [0.2, 0.25) is 0 Å². The molecule has 1 aliphatic carbocycles. The average Bonchev–Trinajstić information content (AvgIpc) is 2.96. The Bertz CT molecular complexity index is 668. The van der Waals surface area contributed by atoms with Crippen LogP contribution in [-0.2, 0) is 19.4 Å². The van der Waals surface area contributed by atoms with Crippen LogP contribution in [0.15, 0.2) is 34.8 Å². The molecule has 0 radical (unpaired) electrons. The number of aromatic nitrogens is 1. The van der Waals surface area contributed by atoms with Gasteiger partial charge in [-0.1, -0.05) is 24.3 Å². The third-order valence-corrected chi connectivity index (χ3v) is 5.11. The van der Waals surface area contributed by atoms with Crippen LogP contribution in [0.5, 0.6) is 0 Å². The lowest BCUT2D eigenvalue weighted by Gasteiger charge is -2.27. The summed E-state index contributed by atoms with van der Waals surface area (Å²) in [6.45, 7) is 2.82. The van der Waals surface area contributed by atoms with Crippen LogP contribution in [0.25, 0.3) is 0 Å². The molecule has 3 rings (SSSR count). The van der Waals surface area contributed by atoms with Crippen molar-refractivity contribution in [2.75, 3.05) is 7.05 Å². The van der Waals surface area contributed by atoms with Gasteiger partial charge in [-0.25, -0.2) is 4.98 Å². The molecule has 0 bridgehead atoms. The van der Waals surface area contributed by atoms with Crippen molar-refractivity contribution in [2.45, 2.75) is 38.8 Å². The van der Waals surface area contributed by atoms with Crippen LogP contribution < -0.4 is 10.6 Å². The lowest BCUT2D eigenvalue weighted by Crippen LogP contribution is -2.45. The Labute approximate surface area is 158 Å². The summed E-state index contributed by atoms with van der Waals surface area (Å²) >= 11 is 1.68. The average molecular weight is 442 g/mol. The molecule has 4 nitrogen and oxygen atoms in total. The number of aryl methyl sites for hydroxylation is 2. The lowest BCUT2D eigenvalue weighted by atomic mass is 9.88. The maximum Gasteiger partial charge on any atom is 0.191 e. The van der Waals surface area contributed by atoms with Crippen LogP contribution in [-0.4, -0.2) is 24.0 Å². The number of nitrogens with zero attached hydrogens (tertiary/aromatic N) is 2. The quantitative estimate of drug-likeness (QED) is 0.436. The maximum absolute atomic E-state index is 4.35. The zero-order valence-electron chi connectivity index (χ0n) is 13.5. The number of halogens is 1. The van der Waals surface area contributed by atoms with Crippen molar-refractivity contribution in [1.82, 2.24) is 15.6 Å². The van der Waals surface area contributed by atoms with Gasteiger partial charge in [0.15, 0.2) is 5.96 Å². The van der Waals surface area contributed by atoms with E-state index in [0.29, 0.717) is 6.04 Å². The minimum Gasteiger partial charge on any atom is -0.353 e. The van der Waals surface area contributed by atoms with E-state index in [0.717, 1.165) is 37.5 Å². The molecule has 0 saturated carbocycles. The van der Waals surface area contributed by atoms with Crippen LogP contribution in [0.3, 0.4) is 0 Å². The Kier molecular flexibility index (Phi) is 6.83. The molecule has 23 heavy (non-hydrogen) atoms. The molecular weight excluding hydrogens is 419 g/mol. The fourth-order valence-electron chi connectivity index (χ4n) is 2.87. The molecule has 6 heteroatoms. The molecule has 124 valence electrons. The predicted octanol–water partition coefficient (Wildman–Crippen LogP) is 3.29. The normalized spacial score (nSPS) is 17.1. The number of guanidine groups is 1. The summed E-state index contributed by atoms with van der Waals surface area (Å²) in [6, 6.07) is 9.18. The second-order valence-corrected chi connectivity index (χ2v) is 6.58. The van der Waals surface area contributed by atoms with Crippen molar-refractivity contribution < 1.29 is 0 Å². The molecule has 0 fully saturated rings. The van der Waals surface area contributed by atoms with Gasteiger partial charge in [0.2, 0.25) is 0 Å². The van der Waals surface area contributed by atoms with Crippen molar-refractivity contribution in [3.8, 4) is 0 Å². The van der Waals surface area contributed by atoms with Gasteiger partial charge in [-0.2, -0.15) is 0 Å². The van der Waals surface area contributed by atoms with Crippen LogP contribution >= 0.6 is 35.3 Å². The fraction of sp³-hybridized carbons (Fsp3) is 0.412. The van der Waals surface area contributed by atoms with Gasteiger partial charge in [0.25, 0.3) is 0 Å². The fourth-order valence-corrected chi connectivity index (χ4v) is 3.59. The highest BCUT2D eigenvalue weighted by Crippen LogP contribution is 2.21. The first kappa shape index (κ1) is 18.2. The second kappa shape index (κ2) is 8.63. The second-order valence-electron chi connectivity index (χ2n) is 5.64. The number of aliphatic imine (C=N–C) groups is 1. The number of benzene rings is 1. The summed E-state index contributed by atoms with van der Waals surface area (Å²) in [6.07, 6.45) is 3.35. The van der Waals surface area contributed by atoms with E-state index in [1.54, 1.807) is 11.3 Å². The van der Waals surface area contributed by atoms with Gasteiger partial charge in [0.05, 0.1) is 17.7 Å². The highest BCUT2D eigenvalue weighted by Gasteiger charge is 2.19. The standard InChI is InChI=1S/C17H22N4S.HI/c1-12-16(22-11-20-12)10-19-17(18-2)21-15-8-7-13-5-3-4-6-14(13)9-15;/h3-6,11,15H,7-10H2,1-2H3,(H2,18,19,21);1H. The third kappa shape index (κ3) is 4.67. The number of hydrogen-bond donors (Lipinski definition) is 2. The molecular formula is C17H23IN4S. The molecule has 0 aliphatic heterocycles. The first-order valence-electron chi connectivity index (χ1n) is 7.69. The zero-order valence-corrected chi connectivity index (χ0v) is 16.7. The Balaban J connectivity index is 0.00000192. The van der Waals surface area contributed by atoms with E-state index >= 15 is 0 Å². The molecule has 2 N–H and O–H groups in total. The number of nitrogens with one attached hydrogen (secondary N) is 2. The number of hydrogen-bond acceptors (Lipinski definition) is 3. The highest BCUT2D eigenvalue weighted by molar-refractivity contribution is 14.0. The van der Waals surface area contributed by atoms with Crippen LogP contribution in [0, 0.1) is 6.92 Å². The summed E-state index contributed by atoms with van der Waals surface area (Å²) in [7, 11) is 1.83. The summed E-state index contributed by atoms with van der Waals surface area (Å²) in [5, 5.41) is 6.94. The third-order valence-electron chi connectivity index (χ3n) is 4.17. The van der Waals surface area contributed by atoms with Gasteiger partial charge in [0, 0.05) is 18.0 Å². The van der Waals surface area contributed by atoms with Crippen molar-refractivity contribution in [3.05, 3.63) is 51.5 Å². The molecule has 1 atom stereocenters.